The summed E-state index contributed by atoms with van der Waals surface area (Å²) in [5, 5.41) is 17.0. The molecule has 0 aliphatic rings. The van der Waals surface area contributed by atoms with Gasteiger partial charge in [-0.3, -0.25) is 4.72 Å². The van der Waals surface area contributed by atoms with Gasteiger partial charge in [0, 0.05) is 18.0 Å². The molecule has 0 radical (unpaired) electrons. The molecule has 1 aromatic carbocycles. The van der Waals surface area contributed by atoms with E-state index in [0.29, 0.717) is 22.9 Å². The fraction of sp³-hybridized carbons (Fsp3) is 0.0870. The van der Waals surface area contributed by atoms with Gasteiger partial charge in [0.05, 0.1) is 29.4 Å². The highest BCUT2D eigenvalue weighted by Gasteiger charge is 2.25. The van der Waals surface area contributed by atoms with Crippen LogP contribution in [0.3, 0.4) is 0 Å². The molecule has 2 N–H and O–H groups in total. The number of hydrogen-bond acceptors (Lipinski definition) is 8. The van der Waals surface area contributed by atoms with Crippen LogP contribution in [0.25, 0.3) is 28.2 Å². The van der Waals surface area contributed by atoms with Gasteiger partial charge in [0.1, 0.15) is 29.7 Å². The lowest BCUT2D eigenvalue weighted by molar-refractivity contribution is 0.385. The topological polar surface area (TPSA) is 151 Å². The Bertz CT molecular complexity index is 1830. The van der Waals surface area contributed by atoms with Gasteiger partial charge >= 0.3 is 0 Å². The van der Waals surface area contributed by atoms with Crippen LogP contribution in [0.4, 0.5) is 14.5 Å². The molecule has 0 fully saturated rings. The molecule has 4 aromatic heterocycles. The van der Waals surface area contributed by atoms with Crippen LogP contribution < -0.4 is 9.46 Å². The molecule has 0 saturated carbocycles. The molecule has 4 heterocycles. The molecule has 0 aliphatic carbocycles. The van der Waals surface area contributed by atoms with Crippen molar-refractivity contribution in [2.45, 2.75) is 11.8 Å². The van der Waals surface area contributed by atoms with Gasteiger partial charge < -0.3 is 14.1 Å². The van der Waals surface area contributed by atoms with Crippen LogP contribution in [0, 0.1) is 29.9 Å². The van der Waals surface area contributed by atoms with Crippen molar-refractivity contribution >= 4 is 21.2 Å². The first-order chi connectivity index (χ1) is 17.7. The summed E-state index contributed by atoms with van der Waals surface area (Å²) in [6.07, 6.45) is 4.05. The monoisotopic (exact) mass is 522 g/mol. The molecule has 11 nitrogen and oxygen atoms in total. The van der Waals surface area contributed by atoms with Crippen molar-refractivity contribution < 1.29 is 21.9 Å². The van der Waals surface area contributed by atoms with E-state index in [-0.39, 0.29) is 17.0 Å². The van der Waals surface area contributed by atoms with Crippen LogP contribution >= 0.6 is 0 Å². The maximum absolute atomic E-state index is 15.6. The van der Waals surface area contributed by atoms with E-state index in [0.717, 1.165) is 24.4 Å². The van der Waals surface area contributed by atoms with Crippen molar-refractivity contribution in [1.82, 2.24) is 29.5 Å². The Hall–Kier alpha value is -4.90. The van der Waals surface area contributed by atoms with Gasteiger partial charge in [-0.05, 0) is 31.2 Å². The average molecular weight is 522 g/mol. The van der Waals surface area contributed by atoms with E-state index in [2.05, 4.69) is 29.9 Å². The highest BCUT2D eigenvalue weighted by atomic mass is 32.2. The smallest absolute Gasteiger partial charge is 0.267 e. The van der Waals surface area contributed by atoms with Crippen molar-refractivity contribution in [3.8, 4) is 34.6 Å². The Morgan fingerprint density at radius 2 is 1.97 bits per heavy atom. The summed E-state index contributed by atoms with van der Waals surface area (Å²) in [6.45, 7) is 1.74. The Morgan fingerprint density at radius 3 is 2.68 bits per heavy atom. The number of aromatic amines is 1. The predicted octanol–water partition coefficient (Wildman–Crippen LogP) is 3.45. The molecule has 0 amide bonds. The normalized spacial score (nSPS) is 11.4. The van der Waals surface area contributed by atoms with E-state index >= 15 is 4.39 Å². The van der Waals surface area contributed by atoms with Crippen molar-refractivity contribution in [3.63, 3.8) is 0 Å². The zero-order valence-corrected chi connectivity index (χ0v) is 20.0. The largest absolute Gasteiger partial charge is 0.480 e. The van der Waals surface area contributed by atoms with E-state index in [4.69, 9.17) is 10.00 Å². The van der Waals surface area contributed by atoms with E-state index in [1.54, 1.807) is 23.5 Å². The van der Waals surface area contributed by atoms with Gasteiger partial charge in [-0.15, -0.1) is 10.2 Å². The highest BCUT2D eigenvalue weighted by molar-refractivity contribution is 7.92. The van der Waals surface area contributed by atoms with E-state index in [1.165, 1.54) is 25.7 Å². The molecule has 186 valence electrons. The number of hydrogen-bond donors (Lipinski definition) is 2. The minimum atomic E-state index is -4.47. The first-order valence-corrected chi connectivity index (χ1v) is 12.0. The average Bonchev–Trinajstić information content (AvgIpc) is 3.51. The van der Waals surface area contributed by atoms with Gasteiger partial charge in [0.25, 0.3) is 10.0 Å². The van der Waals surface area contributed by atoms with Crippen molar-refractivity contribution in [2.75, 3.05) is 11.8 Å². The quantitative estimate of drug-likeness (QED) is 0.344. The summed E-state index contributed by atoms with van der Waals surface area (Å²) < 4.78 is 65.1. The SMILES string of the molecule is COc1ncc(C#N)cc1S(=O)(=O)Nc1ccc(F)c(-c2ccc3c(-c4nnc(C)[nH]4)ncn3c2)c1F. The lowest BCUT2D eigenvalue weighted by Crippen LogP contribution is -2.16. The molecule has 5 rings (SSSR count). The number of H-pyrrole nitrogens is 1. The number of aryl methyl sites for hydroxylation is 1. The zero-order valence-electron chi connectivity index (χ0n) is 19.2. The fourth-order valence-electron chi connectivity index (χ4n) is 3.72. The Labute approximate surface area is 208 Å². The number of sulfonamides is 1. The number of ether oxygens (including phenoxy) is 1. The summed E-state index contributed by atoms with van der Waals surface area (Å²) >= 11 is 0. The van der Waals surface area contributed by atoms with Gasteiger partial charge in [-0.2, -0.15) is 5.26 Å². The summed E-state index contributed by atoms with van der Waals surface area (Å²) in [7, 11) is -3.27. The number of nitrogens with one attached hydrogen (secondary N) is 2. The van der Waals surface area contributed by atoms with Crippen LogP contribution in [0.1, 0.15) is 11.4 Å². The maximum Gasteiger partial charge on any atom is 0.267 e. The van der Waals surface area contributed by atoms with Crippen LogP contribution in [-0.4, -0.2) is 45.1 Å². The number of anilines is 1. The molecule has 5 aromatic rings. The van der Waals surface area contributed by atoms with Gasteiger partial charge in [0.15, 0.2) is 16.5 Å². The maximum atomic E-state index is 15.6. The first kappa shape index (κ1) is 23.8. The number of fused-ring (bicyclic) bond motifs is 1. The lowest BCUT2D eigenvalue weighted by atomic mass is 10.0. The Balaban J connectivity index is 1.55. The molecule has 0 atom stereocenters. The third-order valence-corrected chi connectivity index (χ3v) is 6.77. The predicted molar refractivity (Wildman–Crippen MR) is 127 cm³/mol. The first-order valence-electron chi connectivity index (χ1n) is 10.5. The second-order valence-electron chi connectivity index (χ2n) is 7.80. The number of pyridine rings is 2. The van der Waals surface area contributed by atoms with Gasteiger partial charge in [-0.1, -0.05) is 6.07 Å². The molecule has 0 saturated heterocycles. The minimum Gasteiger partial charge on any atom is -0.480 e. The molecule has 0 aliphatic heterocycles. The number of methoxy groups -OCH3 is 1. The number of aromatic nitrogens is 6. The van der Waals surface area contributed by atoms with E-state index in [1.807, 2.05) is 0 Å². The van der Waals surface area contributed by atoms with Crippen molar-refractivity contribution in [3.05, 3.63) is 72.1 Å². The Morgan fingerprint density at radius 1 is 1.16 bits per heavy atom. The van der Waals surface area contributed by atoms with Crippen LogP contribution in [0.2, 0.25) is 0 Å². The standard InChI is InChI=1S/C23H16F2N8O3S/c1-12-29-22(31-30-12)21-17-6-3-14(10-33(17)11-28-21)19-15(24)4-5-16(20(19)25)32-37(34,35)18-7-13(8-26)9-27-23(18)36-2/h3-7,9-11,32H,1-2H3,(H,29,30,31). The number of halogens is 2. The summed E-state index contributed by atoms with van der Waals surface area (Å²) in [4.78, 5) is 10.6. The van der Waals surface area contributed by atoms with Gasteiger partial charge in [0.2, 0.25) is 5.88 Å². The molecular weight excluding hydrogens is 506 g/mol. The molecule has 14 heteroatoms. The van der Waals surface area contributed by atoms with E-state index in [9.17, 15) is 12.8 Å². The Kier molecular flexibility index (Phi) is 5.76. The highest BCUT2D eigenvalue weighted by Crippen LogP contribution is 2.34. The van der Waals surface area contributed by atoms with Crippen LogP contribution in [-0.2, 0) is 10.0 Å². The molecule has 37 heavy (non-hydrogen) atoms. The summed E-state index contributed by atoms with van der Waals surface area (Å²) in [5.41, 5.74) is 0.223. The van der Waals surface area contributed by atoms with Crippen LogP contribution in [0.5, 0.6) is 5.88 Å². The third-order valence-electron chi connectivity index (χ3n) is 5.41. The fourth-order valence-corrected chi connectivity index (χ4v) is 4.92. The van der Waals surface area contributed by atoms with Crippen molar-refractivity contribution in [1.29, 1.82) is 5.26 Å². The zero-order chi connectivity index (χ0) is 26.3. The second-order valence-corrected chi connectivity index (χ2v) is 9.45. The lowest BCUT2D eigenvalue weighted by Gasteiger charge is -2.14. The van der Waals surface area contributed by atoms with E-state index < -0.39 is 37.8 Å². The second kappa shape index (κ2) is 8.95. The summed E-state index contributed by atoms with van der Waals surface area (Å²) in [6, 6.07) is 7.81. The molecular formula is C23H16F2N8O3S. The minimum absolute atomic E-state index is 0.0464. The van der Waals surface area contributed by atoms with Crippen LogP contribution in [0.15, 0.2) is 53.9 Å². The number of nitriles is 1. The summed E-state index contributed by atoms with van der Waals surface area (Å²) in [5.74, 6) is -1.30. The molecule has 0 spiro atoms. The molecule has 0 bridgehead atoms. The number of imidazole rings is 1. The third kappa shape index (κ3) is 4.21. The number of benzene rings is 1. The molecule has 0 unspecified atom stereocenters. The number of rotatable bonds is 6. The van der Waals surface area contributed by atoms with Gasteiger partial charge in [-0.25, -0.2) is 27.2 Å². The van der Waals surface area contributed by atoms with Crippen molar-refractivity contribution in [2.24, 2.45) is 0 Å². The number of nitrogens with zero attached hydrogens (tertiary/aromatic N) is 6.